The monoisotopic (exact) mass is 868 g/mol. The summed E-state index contributed by atoms with van der Waals surface area (Å²) in [6.07, 6.45) is 0. The average molecular weight is 869 g/mol. The van der Waals surface area contributed by atoms with E-state index < -0.39 is 5.41 Å². The van der Waals surface area contributed by atoms with Gasteiger partial charge in [-0.3, -0.25) is 0 Å². The molecule has 10 aromatic carbocycles. The number of hydrogen-bond acceptors (Lipinski definition) is 0. The first-order valence-electron chi connectivity index (χ1n) is 24.3. The van der Waals surface area contributed by atoms with E-state index in [-0.39, 0.29) is 16.7 Å². The largest absolute Gasteiger partial charge is 0.0713 e. The minimum Gasteiger partial charge on any atom is -0.0622 e. The molecule has 0 saturated heterocycles. The van der Waals surface area contributed by atoms with Crippen molar-refractivity contribution in [1.29, 1.82) is 0 Å². The number of rotatable bonds is 7. The highest BCUT2D eigenvalue weighted by Gasteiger charge is 2.47. The molecule has 0 bridgehead atoms. The summed E-state index contributed by atoms with van der Waals surface area (Å²) in [5.41, 5.74) is 26.8. The fourth-order valence-corrected chi connectivity index (χ4v) is 12.8. The zero-order chi connectivity index (χ0) is 45.8. The number of hydrogen-bond donors (Lipinski definition) is 0. The smallest absolute Gasteiger partial charge is 0.0622 e. The van der Waals surface area contributed by atoms with Crippen molar-refractivity contribution in [2.75, 3.05) is 0 Å². The van der Waals surface area contributed by atoms with Crippen LogP contribution in [0.4, 0.5) is 0 Å². The SMILES string of the molecule is CC1(C)c2ccccc2-c2ccc(C(c3ccc(-c4ccccc4)cc3)c3ccc4c(c3)C(c3ccccc3)(c3ccccc3)c3cc(-c5cccc6c5-c5ccccc5C6(C)C)ccc3-4)cc21. The maximum atomic E-state index is 2.58. The predicted molar refractivity (Wildman–Crippen MR) is 284 cm³/mol. The van der Waals surface area contributed by atoms with Gasteiger partial charge in [-0.05, 0) is 123 Å². The Hall–Kier alpha value is -7.80. The third kappa shape index (κ3) is 5.80. The van der Waals surface area contributed by atoms with Crippen LogP contribution in [0.3, 0.4) is 0 Å². The first kappa shape index (κ1) is 40.5. The van der Waals surface area contributed by atoms with Crippen molar-refractivity contribution in [3.63, 3.8) is 0 Å². The molecule has 0 heteroatoms. The molecule has 0 nitrogen and oxygen atoms in total. The van der Waals surface area contributed by atoms with Crippen molar-refractivity contribution in [2.24, 2.45) is 0 Å². The van der Waals surface area contributed by atoms with E-state index in [1.54, 1.807) is 0 Å². The molecule has 0 fully saturated rings. The molecule has 0 spiro atoms. The zero-order valence-electron chi connectivity index (χ0n) is 39.1. The lowest BCUT2D eigenvalue weighted by molar-refractivity contribution is 0.659. The molecule has 0 radical (unpaired) electrons. The second-order valence-electron chi connectivity index (χ2n) is 20.3. The Balaban J connectivity index is 1.04. The van der Waals surface area contributed by atoms with Crippen LogP contribution in [0.2, 0.25) is 0 Å². The lowest BCUT2D eigenvalue weighted by Gasteiger charge is -2.35. The molecule has 0 amide bonds. The summed E-state index contributed by atoms with van der Waals surface area (Å²) in [5.74, 6) is -0.0196. The summed E-state index contributed by atoms with van der Waals surface area (Å²) in [7, 11) is 0. The molecule has 0 saturated carbocycles. The third-order valence-electron chi connectivity index (χ3n) is 16.1. The highest BCUT2D eigenvalue weighted by Crippen LogP contribution is 2.59. The van der Waals surface area contributed by atoms with Gasteiger partial charge in [-0.25, -0.2) is 0 Å². The molecule has 13 rings (SSSR count). The topological polar surface area (TPSA) is 0 Å². The predicted octanol–water partition coefficient (Wildman–Crippen LogP) is 17.2. The lowest BCUT2D eigenvalue weighted by atomic mass is 9.67. The van der Waals surface area contributed by atoms with Crippen LogP contribution in [-0.4, -0.2) is 0 Å². The van der Waals surface area contributed by atoms with Crippen LogP contribution in [0.15, 0.2) is 237 Å². The van der Waals surface area contributed by atoms with E-state index in [9.17, 15) is 0 Å². The Morgan fingerprint density at radius 3 is 1.32 bits per heavy atom. The van der Waals surface area contributed by atoms with Gasteiger partial charge in [-0.1, -0.05) is 258 Å². The van der Waals surface area contributed by atoms with Gasteiger partial charge in [-0.15, -0.1) is 0 Å². The Labute approximate surface area is 401 Å². The van der Waals surface area contributed by atoms with E-state index in [1.165, 1.54) is 117 Å². The minimum atomic E-state index is -0.586. The van der Waals surface area contributed by atoms with Crippen molar-refractivity contribution in [2.45, 2.75) is 49.9 Å². The Morgan fingerprint density at radius 1 is 0.265 bits per heavy atom. The molecule has 1 atom stereocenters. The second kappa shape index (κ2) is 15.1. The summed E-state index contributed by atoms with van der Waals surface area (Å²) in [6, 6.07) is 89.8. The molecule has 324 valence electrons. The first-order valence-corrected chi connectivity index (χ1v) is 24.3. The van der Waals surface area contributed by atoms with Crippen LogP contribution < -0.4 is 0 Å². The fourth-order valence-electron chi connectivity index (χ4n) is 12.8. The highest BCUT2D eigenvalue weighted by atomic mass is 14.5. The van der Waals surface area contributed by atoms with Gasteiger partial charge in [-0.2, -0.15) is 0 Å². The quantitative estimate of drug-likeness (QED) is 0.140. The molecule has 0 aromatic heterocycles. The van der Waals surface area contributed by atoms with E-state index in [4.69, 9.17) is 0 Å². The molecule has 1 unspecified atom stereocenters. The van der Waals surface area contributed by atoms with Gasteiger partial charge in [0.05, 0.1) is 5.41 Å². The van der Waals surface area contributed by atoms with E-state index in [1.807, 2.05) is 0 Å². The van der Waals surface area contributed by atoms with Crippen LogP contribution in [-0.2, 0) is 16.2 Å². The van der Waals surface area contributed by atoms with E-state index in [2.05, 4.69) is 264 Å². The molecule has 0 N–H and O–H groups in total. The van der Waals surface area contributed by atoms with Crippen molar-refractivity contribution < 1.29 is 0 Å². The van der Waals surface area contributed by atoms with Gasteiger partial charge in [0.25, 0.3) is 0 Å². The average Bonchev–Trinajstić information content (AvgIpc) is 3.91. The molecule has 68 heavy (non-hydrogen) atoms. The molecular weight excluding hydrogens is 817 g/mol. The van der Waals surface area contributed by atoms with E-state index in [0.717, 1.165) is 0 Å². The molecule has 0 heterocycles. The van der Waals surface area contributed by atoms with Gasteiger partial charge >= 0.3 is 0 Å². The van der Waals surface area contributed by atoms with Gasteiger partial charge in [0.2, 0.25) is 0 Å². The van der Waals surface area contributed by atoms with Crippen molar-refractivity contribution in [1.82, 2.24) is 0 Å². The van der Waals surface area contributed by atoms with Crippen molar-refractivity contribution in [3.05, 3.63) is 298 Å². The maximum Gasteiger partial charge on any atom is 0.0713 e. The Kier molecular flexibility index (Phi) is 8.99. The molecule has 10 aromatic rings. The van der Waals surface area contributed by atoms with Crippen molar-refractivity contribution in [3.8, 4) is 55.6 Å². The number of benzene rings is 10. The summed E-state index contributed by atoms with van der Waals surface area (Å²) < 4.78 is 0. The highest BCUT2D eigenvalue weighted by molar-refractivity contribution is 5.95. The second-order valence-corrected chi connectivity index (χ2v) is 20.3. The van der Waals surface area contributed by atoms with Gasteiger partial charge < -0.3 is 0 Å². The Morgan fingerprint density at radius 2 is 0.676 bits per heavy atom. The molecule has 3 aliphatic rings. The van der Waals surface area contributed by atoms with Gasteiger partial charge in [0.1, 0.15) is 0 Å². The fraction of sp³-hybridized carbons (Fsp3) is 0.118. The molecule has 0 aliphatic heterocycles. The maximum absolute atomic E-state index is 2.58. The van der Waals surface area contributed by atoms with E-state index >= 15 is 0 Å². The number of fused-ring (bicyclic) bond motifs is 9. The lowest BCUT2D eigenvalue weighted by Crippen LogP contribution is -2.28. The van der Waals surface area contributed by atoms with Crippen LogP contribution in [0, 0.1) is 0 Å². The van der Waals surface area contributed by atoms with Crippen LogP contribution in [0.1, 0.15) is 94.8 Å². The molecule has 3 aliphatic carbocycles. The van der Waals surface area contributed by atoms with Crippen LogP contribution in [0.25, 0.3) is 55.6 Å². The standard InChI is InChI=1S/C68H52/c1-66(2)59-29-17-15-26-57(59)65-52(27-18-30-60(65)66)47-35-38-55-56-40-37-49(43-63(56)68(62(55)41-47,50-21-10-6-11-22-50)51-23-12-7-13-24-51)64(46-33-31-45(32-34-46)44-19-8-5-9-20-44)48-36-39-54-53-25-14-16-28-58(53)67(3,4)61(54)42-48/h5-43,64H,1-4H3. The van der Waals surface area contributed by atoms with Crippen LogP contribution in [0.5, 0.6) is 0 Å². The molecular formula is C68H52. The minimum absolute atomic E-state index is 0.0196. The third-order valence-corrected chi connectivity index (χ3v) is 16.1. The van der Waals surface area contributed by atoms with E-state index in [0.29, 0.717) is 0 Å². The Bertz CT molecular complexity index is 3550. The first-order chi connectivity index (χ1) is 33.2. The van der Waals surface area contributed by atoms with Gasteiger partial charge in [0, 0.05) is 16.7 Å². The summed E-state index contributed by atoms with van der Waals surface area (Å²) in [5, 5.41) is 0. The zero-order valence-corrected chi connectivity index (χ0v) is 39.1. The summed E-state index contributed by atoms with van der Waals surface area (Å²) >= 11 is 0. The summed E-state index contributed by atoms with van der Waals surface area (Å²) in [4.78, 5) is 0. The normalized spacial score (nSPS) is 15.4. The van der Waals surface area contributed by atoms with Crippen LogP contribution >= 0.6 is 0 Å². The van der Waals surface area contributed by atoms with Crippen molar-refractivity contribution >= 4 is 0 Å². The summed E-state index contributed by atoms with van der Waals surface area (Å²) in [6.45, 7) is 9.54. The van der Waals surface area contributed by atoms with Gasteiger partial charge in [0.15, 0.2) is 0 Å².